The minimum absolute atomic E-state index is 0.00952. The Labute approximate surface area is 146 Å². The Kier molecular flexibility index (Phi) is 4.80. The molecule has 0 saturated carbocycles. The second-order valence-corrected chi connectivity index (χ2v) is 6.45. The van der Waals surface area contributed by atoms with Crippen molar-refractivity contribution in [1.82, 2.24) is 24.8 Å². The zero-order valence-electron chi connectivity index (χ0n) is 14.6. The van der Waals surface area contributed by atoms with Gasteiger partial charge in [0.05, 0.1) is 24.3 Å². The van der Waals surface area contributed by atoms with Gasteiger partial charge in [0.25, 0.3) is 5.91 Å². The molecule has 25 heavy (non-hydrogen) atoms. The molecule has 0 radical (unpaired) electrons. The highest BCUT2D eigenvalue weighted by atomic mass is 16.2. The molecule has 0 unspecified atom stereocenters. The number of carbonyl (C=O) groups excluding carboxylic acids is 2. The third-order valence-corrected chi connectivity index (χ3v) is 4.37. The van der Waals surface area contributed by atoms with Crippen molar-refractivity contribution in [3.05, 3.63) is 42.2 Å². The highest BCUT2D eigenvalue weighted by Gasteiger charge is 2.35. The van der Waals surface area contributed by atoms with E-state index in [0.717, 1.165) is 18.8 Å². The number of nitrogens with zero attached hydrogens (tertiary/aromatic N) is 4. The summed E-state index contributed by atoms with van der Waals surface area (Å²) in [5.41, 5.74) is 1.99. The Morgan fingerprint density at radius 2 is 2.00 bits per heavy atom. The van der Waals surface area contributed by atoms with E-state index in [1.165, 1.54) is 13.1 Å². The first-order chi connectivity index (χ1) is 11.9. The van der Waals surface area contributed by atoms with Crippen LogP contribution in [0.5, 0.6) is 0 Å². The zero-order valence-corrected chi connectivity index (χ0v) is 14.6. The van der Waals surface area contributed by atoms with Crippen molar-refractivity contribution in [3.63, 3.8) is 0 Å². The molecule has 1 aliphatic heterocycles. The summed E-state index contributed by atoms with van der Waals surface area (Å²) in [5, 5.41) is 5.71. The van der Waals surface area contributed by atoms with Gasteiger partial charge < -0.3 is 20.1 Å². The monoisotopic (exact) mass is 342 g/mol. The molecule has 132 valence electrons. The SMILES string of the molecule is CC(=O)Nc1ccc(C(=O)N[C@@H]2CN(C)C[C@H]2c2cncn2C)nc1. The lowest BCUT2D eigenvalue weighted by Crippen LogP contribution is -2.40. The van der Waals surface area contributed by atoms with Crippen LogP contribution in [-0.2, 0) is 11.8 Å². The number of aromatic nitrogens is 3. The van der Waals surface area contributed by atoms with Crippen molar-refractivity contribution >= 4 is 17.5 Å². The van der Waals surface area contributed by atoms with Gasteiger partial charge in [-0.1, -0.05) is 0 Å². The first-order valence-electron chi connectivity index (χ1n) is 8.13. The fraction of sp³-hybridized carbons (Fsp3) is 0.412. The van der Waals surface area contributed by atoms with E-state index in [1.54, 1.807) is 18.5 Å². The molecule has 0 spiro atoms. The van der Waals surface area contributed by atoms with Crippen LogP contribution < -0.4 is 10.6 Å². The maximum absolute atomic E-state index is 12.5. The number of carbonyl (C=O) groups is 2. The van der Waals surface area contributed by atoms with Crippen molar-refractivity contribution in [3.8, 4) is 0 Å². The summed E-state index contributed by atoms with van der Waals surface area (Å²) < 4.78 is 1.99. The van der Waals surface area contributed by atoms with Crippen LogP contribution in [0.15, 0.2) is 30.9 Å². The first-order valence-corrected chi connectivity index (χ1v) is 8.13. The predicted octanol–water partition coefficient (Wildman–Crippen LogP) is 0.601. The lowest BCUT2D eigenvalue weighted by Gasteiger charge is -2.20. The van der Waals surface area contributed by atoms with Gasteiger partial charge in [0.1, 0.15) is 5.69 Å². The van der Waals surface area contributed by atoms with Crippen LogP contribution in [-0.4, -0.2) is 57.4 Å². The molecule has 2 amide bonds. The molecule has 3 heterocycles. The van der Waals surface area contributed by atoms with E-state index in [4.69, 9.17) is 0 Å². The predicted molar refractivity (Wildman–Crippen MR) is 93.2 cm³/mol. The molecule has 8 nitrogen and oxygen atoms in total. The van der Waals surface area contributed by atoms with E-state index in [2.05, 4.69) is 25.5 Å². The molecule has 2 aromatic heterocycles. The van der Waals surface area contributed by atoms with Crippen molar-refractivity contribution < 1.29 is 9.59 Å². The molecule has 1 saturated heterocycles. The van der Waals surface area contributed by atoms with Crippen LogP contribution in [0.1, 0.15) is 29.0 Å². The van der Waals surface area contributed by atoms with Gasteiger partial charge in [-0.2, -0.15) is 0 Å². The average molecular weight is 342 g/mol. The molecule has 0 aromatic carbocycles. The van der Waals surface area contributed by atoms with Gasteiger partial charge in [-0.05, 0) is 19.2 Å². The topological polar surface area (TPSA) is 92.2 Å². The number of amides is 2. The van der Waals surface area contributed by atoms with Crippen LogP contribution in [0.2, 0.25) is 0 Å². The first kappa shape index (κ1) is 17.1. The van der Waals surface area contributed by atoms with E-state index >= 15 is 0 Å². The lowest BCUT2D eigenvalue weighted by atomic mass is 10.00. The quantitative estimate of drug-likeness (QED) is 0.849. The second kappa shape index (κ2) is 7.02. The third kappa shape index (κ3) is 3.85. The summed E-state index contributed by atoms with van der Waals surface area (Å²) in [6.45, 7) is 3.06. The Bertz CT molecular complexity index is 770. The molecule has 2 N–H and O–H groups in total. The number of likely N-dealkylation sites (tertiary alicyclic amines) is 1. The summed E-state index contributed by atoms with van der Waals surface area (Å²) in [7, 11) is 4.00. The van der Waals surface area contributed by atoms with Crippen molar-refractivity contribution in [2.24, 2.45) is 7.05 Å². The molecule has 2 aromatic rings. The van der Waals surface area contributed by atoms with Gasteiger partial charge in [0.15, 0.2) is 0 Å². The minimum Gasteiger partial charge on any atom is -0.346 e. The van der Waals surface area contributed by atoms with Gasteiger partial charge in [-0.25, -0.2) is 9.97 Å². The number of hydrogen-bond acceptors (Lipinski definition) is 5. The van der Waals surface area contributed by atoms with E-state index in [9.17, 15) is 9.59 Å². The second-order valence-electron chi connectivity index (χ2n) is 6.45. The highest BCUT2D eigenvalue weighted by Crippen LogP contribution is 2.26. The third-order valence-electron chi connectivity index (χ3n) is 4.37. The maximum atomic E-state index is 12.5. The van der Waals surface area contributed by atoms with Crippen LogP contribution in [0, 0.1) is 0 Å². The molecule has 0 bridgehead atoms. The molecule has 2 atom stereocenters. The molecular formula is C17H22N6O2. The Morgan fingerprint density at radius 1 is 1.20 bits per heavy atom. The minimum atomic E-state index is -0.221. The van der Waals surface area contributed by atoms with Gasteiger partial charge in [0.2, 0.25) is 5.91 Å². The van der Waals surface area contributed by atoms with Crippen molar-refractivity contribution in [1.29, 1.82) is 0 Å². The van der Waals surface area contributed by atoms with E-state index in [-0.39, 0.29) is 23.8 Å². The number of hydrogen-bond donors (Lipinski definition) is 2. The Hall–Kier alpha value is -2.74. The van der Waals surface area contributed by atoms with Crippen LogP contribution >= 0.6 is 0 Å². The van der Waals surface area contributed by atoms with Crippen LogP contribution in [0.3, 0.4) is 0 Å². The van der Waals surface area contributed by atoms with Crippen molar-refractivity contribution in [2.45, 2.75) is 18.9 Å². The van der Waals surface area contributed by atoms with Gasteiger partial charge >= 0.3 is 0 Å². The van der Waals surface area contributed by atoms with Gasteiger partial charge in [-0.15, -0.1) is 0 Å². The molecule has 1 aliphatic rings. The number of imidazole rings is 1. The summed E-state index contributed by atoms with van der Waals surface area (Å²) in [5.74, 6) is -0.214. The lowest BCUT2D eigenvalue weighted by molar-refractivity contribution is -0.114. The number of pyridine rings is 1. The highest BCUT2D eigenvalue weighted by molar-refractivity contribution is 5.93. The van der Waals surface area contributed by atoms with Crippen LogP contribution in [0.4, 0.5) is 5.69 Å². The number of aryl methyl sites for hydroxylation is 1. The fourth-order valence-corrected chi connectivity index (χ4v) is 3.22. The molecule has 3 rings (SSSR count). The summed E-state index contributed by atoms with van der Waals surface area (Å²) >= 11 is 0. The Morgan fingerprint density at radius 3 is 2.60 bits per heavy atom. The standard InChI is InChI=1S/C17H22N6O2/c1-11(24)20-12-4-5-14(19-6-12)17(25)21-15-9-22(2)8-13(15)16-7-18-10-23(16)3/h4-7,10,13,15H,8-9H2,1-3H3,(H,20,24)(H,21,25)/t13-,15-/m1/s1. The van der Waals surface area contributed by atoms with E-state index < -0.39 is 0 Å². The molecule has 0 aliphatic carbocycles. The maximum Gasteiger partial charge on any atom is 0.270 e. The molecular weight excluding hydrogens is 320 g/mol. The number of nitrogens with one attached hydrogen (secondary N) is 2. The van der Waals surface area contributed by atoms with E-state index in [0.29, 0.717) is 11.4 Å². The van der Waals surface area contributed by atoms with E-state index in [1.807, 2.05) is 24.9 Å². The smallest absolute Gasteiger partial charge is 0.270 e. The number of rotatable bonds is 4. The largest absolute Gasteiger partial charge is 0.346 e. The molecule has 8 heteroatoms. The summed E-state index contributed by atoms with van der Waals surface area (Å²) in [4.78, 5) is 34.1. The van der Waals surface area contributed by atoms with Gasteiger partial charge in [-0.3, -0.25) is 9.59 Å². The number of anilines is 1. The van der Waals surface area contributed by atoms with Gasteiger partial charge in [0, 0.05) is 44.9 Å². The normalized spacial score (nSPS) is 20.4. The summed E-state index contributed by atoms with van der Waals surface area (Å²) in [6.07, 6.45) is 5.11. The fourth-order valence-electron chi connectivity index (χ4n) is 3.22. The van der Waals surface area contributed by atoms with Crippen molar-refractivity contribution in [2.75, 3.05) is 25.5 Å². The molecule has 1 fully saturated rings. The Balaban J connectivity index is 1.71. The average Bonchev–Trinajstić information content (AvgIpc) is 3.12. The number of likely N-dealkylation sites (N-methyl/N-ethyl adjacent to an activating group) is 1. The summed E-state index contributed by atoms with van der Waals surface area (Å²) in [6, 6.07) is 3.27. The van der Waals surface area contributed by atoms with Crippen LogP contribution in [0.25, 0.3) is 0 Å². The zero-order chi connectivity index (χ0) is 18.0.